The highest BCUT2D eigenvalue weighted by Crippen LogP contribution is 2.32. The third-order valence-corrected chi connectivity index (χ3v) is 6.29. The first-order valence-corrected chi connectivity index (χ1v) is 11.4. The lowest BCUT2D eigenvalue weighted by Crippen LogP contribution is -2.43. The molecule has 2 amide bonds. The van der Waals surface area contributed by atoms with E-state index < -0.39 is 0 Å². The molecule has 1 saturated carbocycles. The number of nitrogens with zero attached hydrogens (tertiary/aromatic N) is 1. The van der Waals surface area contributed by atoms with Gasteiger partial charge in [-0.1, -0.05) is 62.4 Å². The van der Waals surface area contributed by atoms with Crippen molar-refractivity contribution in [3.8, 4) is 0 Å². The fraction of sp³-hybridized carbons (Fsp3) is 0.407. The van der Waals surface area contributed by atoms with Crippen molar-refractivity contribution in [2.45, 2.75) is 58.1 Å². The van der Waals surface area contributed by atoms with E-state index in [2.05, 4.69) is 44.2 Å². The lowest BCUT2D eigenvalue weighted by Gasteiger charge is -2.33. The van der Waals surface area contributed by atoms with E-state index in [1.54, 1.807) is 12.1 Å². The zero-order valence-electron chi connectivity index (χ0n) is 18.4. The summed E-state index contributed by atoms with van der Waals surface area (Å²) < 4.78 is 6.30. The molecule has 1 aliphatic heterocycles. The predicted molar refractivity (Wildman–Crippen MR) is 123 cm³/mol. The van der Waals surface area contributed by atoms with Crippen LogP contribution in [0, 0.1) is 5.92 Å². The Morgan fingerprint density at radius 2 is 1.52 bits per heavy atom. The largest absolute Gasteiger partial charge is 0.374 e. The van der Waals surface area contributed by atoms with Crippen molar-refractivity contribution in [3.05, 3.63) is 77.4 Å². The maximum absolute atomic E-state index is 12.8. The van der Waals surface area contributed by atoms with Gasteiger partial charge in [-0.2, -0.15) is 0 Å². The van der Waals surface area contributed by atoms with Crippen molar-refractivity contribution in [2.24, 2.45) is 5.92 Å². The maximum atomic E-state index is 12.8. The Morgan fingerprint density at radius 3 is 2.10 bits per heavy atom. The quantitative estimate of drug-likeness (QED) is 0.540. The van der Waals surface area contributed by atoms with Gasteiger partial charge in [0.2, 0.25) is 0 Å². The fourth-order valence-corrected chi connectivity index (χ4v) is 4.51. The van der Waals surface area contributed by atoms with Gasteiger partial charge in [0.25, 0.3) is 11.8 Å². The summed E-state index contributed by atoms with van der Waals surface area (Å²) in [5.41, 5.74) is 3.52. The molecule has 1 fully saturated rings. The van der Waals surface area contributed by atoms with E-state index in [0.717, 1.165) is 32.1 Å². The molecule has 1 aliphatic carbocycles. The van der Waals surface area contributed by atoms with Crippen LogP contribution in [0.1, 0.15) is 72.2 Å². The number of carbonyl (C=O) groups excluding carboxylic acids is 2. The molecule has 4 rings (SSSR count). The molecule has 4 heteroatoms. The van der Waals surface area contributed by atoms with Crippen molar-refractivity contribution in [1.29, 1.82) is 0 Å². The van der Waals surface area contributed by atoms with Crippen LogP contribution in [0.25, 0.3) is 5.57 Å². The van der Waals surface area contributed by atoms with Crippen LogP contribution in [0.3, 0.4) is 0 Å². The molecule has 4 nitrogen and oxygen atoms in total. The smallest absolute Gasteiger partial charge is 0.261 e. The van der Waals surface area contributed by atoms with Crippen LogP contribution in [0.2, 0.25) is 0 Å². The normalized spacial score (nSPS) is 21.6. The topological polar surface area (TPSA) is 46.6 Å². The number of hydrogen-bond acceptors (Lipinski definition) is 3. The maximum Gasteiger partial charge on any atom is 0.261 e. The highest BCUT2D eigenvalue weighted by molar-refractivity contribution is 6.21. The van der Waals surface area contributed by atoms with Gasteiger partial charge in [-0.25, -0.2) is 0 Å². The summed E-state index contributed by atoms with van der Waals surface area (Å²) in [4.78, 5) is 27.0. The van der Waals surface area contributed by atoms with Crippen LogP contribution in [0.15, 0.2) is 60.7 Å². The van der Waals surface area contributed by atoms with Gasteiger partial charge in [0.1, 0.15) is 0 Å². The van der Waals surface area contributed by atoms with Crippen LogP contribution in [-0.4, -0.2) is 35.5 Å². The minimum absolute atomic E-state index is 0.0303. The summed E-state index contributed by atoms with van der Waals surface area (Å²) in [6, 6.07) is 17.5. The van der Waals surface area contributed by atoms with E-state index in [-0.39, 0.29) is 24.0 Å². The summed E-state index contributed by atoms with van der Waals surface area (Å²) in [5, 5.41) is 0. The molecule has 31 heavy (non-hydrogen) atoms. The number of rotatable bonds is 7. The second-order valence-corrected chi connectivity index (χ2v) is 8.99. The summed E-state index contributed by atoms with van der Waals surface area (Å²) in [6.45, 7) is 5.04. The van der Waals surface area contributed by atoms with Crippen LogP contribution in [0.5, 0.6) is 0 Å². The molecule has 0 radical (unpaired) electrons. The van der Waals surface area contributed by atoms with E-state index in [1.807, 2.05) is 18.2 Å². The first-order chi connectivity index (χ1) is 15.0. The molecule has 0 atom stereocenters. The average Bonchev–Trinajstić information content (AvgIpc) is 3.05. The van der Waals surface area contributed by atoms with Gasteiger partial charge in [0.15, 0.2) is 0 Å². The van der Waals surface area contributed by atoms with E-state index in [9.17, 15) is 9.59 Å². The molecule has 0 aromatic heterocycles. The summed E-state index contributed by atoms with van der Waals surface area (Å²) >= 11 is 0. The molecule has 0 unspecified atom stereocenters. The monoisotopic (exact) mass is 417 g/mol. The van der Waals surface area contributed by atoms with Crippen LogP contribution in [-0.2, 0) is 4.74 Å². The number of amides is 2. The molecular formula is C27H31NO3. The molecule has 2 aromatic carbocycles. The zero-order chi connectivity index (χ0) is 21.8. The summed E-state index contributed by atoms with van der Waals surface area (Å²) in [6.07, 6.45) is 6.82. The predicted octanol–water partition coefficient (Wildman–Crippen LogP) is 5.74. The van der Waals surface area contributed by atoms with Gasteiger partial charge in [-0.05, 0) is 61.3 Å². The molecule has 2 aliphatic rings. The molecule has 0 bridgehead atoms. The number of imide groups is 1. The Labute approximate surface area is 184 Å². The summed E-state index contributed by atoms with van der Waals surface area (Å²) in [7, 11) is 0. The first-order valence-electron chi connectivity index (χ1n) is 11.4. The lowest BCUT2D eigenvalue weighted by molar-refractivity contribution is 0.0226. The number of ether oxygens (including phenoxy) is 1. The van der Waals surface area contributed by atoms with Gasteiger partial charge in [0.05, 0.1) is 23.8 Å². The van der Waals surface area contributed by atoms with E-state index >= 15 is 0 Å². The molecule has 1 heterocycles. The van der Waals surface area contributed by atoms with Crippen molar-refractivity contribution in [3.63, 3.8) is 0 Å². The highest BCUT2D eigenvalue weighted by atomic mass is 16.5. The second-order valence-electron chi connectivity index (χ2n) is 8.99. The van der Waals surface area contributed by atoms with Crippen molar-refractivity contribution in [2.75, 3.05) is 6.61 Å². The fourth-order valence-electron chi connectivity index (χ4n) is 4.51. The SMILES string of the molecule is CC(C)CC=C(COC1CCC(N2C(=O)c3ccccc3C2=O)CC1)c1ccccc1. The minimum atomic E-state index is -0.145. The number of fused-ring (bicyclic) bond motifs is 1. The van der Waals surface area contributed by atoms with Crippen LogP contribution >= 0.6 is 0 Å². The van der Waals surface area contributed by atoms with E-state index in [1.165, 1.54) is 16.0 Å². The number of allylic oxidation sites excluding steroid dienone is 1. The first kappa shape index (κ1) is 21.5. The van der Waals surface area contributed by atoms with Crippen molar-refractivity contribution in [1.82, 2.24) is 4.90 Å². The second kappa shape index (κ2) is 9.61. The number of hydrogen-bond donors (Lipinski definition) is 0. The van der Waals surface area contributed by atoms with Crippen LogP contribution < -0.4 is 0 Å². The molecule has 0 saturated heterocycles. The third kappa shape index (κ3) is 4.80. The van der Waals surface area contributed by atoms with E-state index in [0.29, 0.717) is 23.7 Å². The van der Waals surface area contributed by atoms with Gasteiger partial charge in [-0.3, -0.25) is 14.5 Å². The Kier molecular flexibility index (Phi) is 6.67. The molecule has 2 aromatic rings. The highest BCUT2D eigenvalue weighted by Gasteiger charge is 2.40. The lowest BCUT2D eigenvalue weighted by atomic mass is 9.91. The van der Waals surface area contributed by atoms with Gasteiger partial charge >= 0.3 is 0 Å². The minimum Gasteiger partial charge on any atom is -0.374 e. The Hall–Kier alpha value is -2.72. The Morgan fingerprint density at radius 1 is 0.935 bits per heavy atom. The molecule has 162 valence electrons. The van der Waals surface area contributed by atoms with Gasteiger partial charge < -0.3 is 4.74 Å². The average molecular weight is 418 g/mol. The molecule has 0 N–H and O–H groups in total. The van der Waals surface area contributed by atoms with Crippen LogP contribution in [0.4, 0.5) is 0 Å². The standard InChI is InChI=1S/C27H31NO3/c1-19(2)12-13-21(20-8-4-3-5-9-20)18-31-23-16-14-22(15-17-23)28-26(29)24-10-6-7-11-25(24)27(28)30/h3-11,13,19,22-23H,12,14-18H2,1-2H3. The zero-order valence-corrected chi connectivity index (χ0v) is 18.4. The van der Waals surface area contributed by atoms with Gasteiger partial charge in [-0.15, -0.1) is 0 Å². The third-order valence-electron chi connectivity index (χ3n) is 6.29. The number of carbonyl (C=O) groups is 2. The Balaban J connectivity index is 1.34. The Bertz CT molecular complexity index is 920. The summed E-state index contributed by atoms with van der Waals surface area (Å²) in [5.74, 6) is 0.315. The van der Waals surface area contributed by atoms with E-state index in [4.69, 9.17) is 4.74 Å². The molecular weight excluding hydrogens is 386 g/mol. The van der Waals surface area contributed by atoms with Crippen molar-refractivity contribution >= 4 is 17.4 Å². The molecule has 0 spiro atoms. The number of benzene rings is 2. The van der Waals surface area contributed by atoms with Gasteiger partial charge in [0, 0.05) is 6.04 Å². The van der Waals surface area contributed by atoms with Crippen molar-refractivity contribution < 1.29 is 14.3 Å².